The van der Waals surface area contributed by atoms with Gasteiger partial charge >= 0.3 is 0 Å². The van der Waals surface area contributed by atoms with Gasteiger partial charge in [0, 0.05) is 25.2 Å². The average molecular weight is 497 g/mol. The molecule has 0 radical (unpaired) electrons. The number of fused-ring (bicyclic) bond motifs is 1. The molecule has 1 aromatic carbocycles. The zero-order chi connectivity index (χ0) is 17.9. The minimum Gasteiger partial charge on any atom is -0.467 e. The minimum absolute atomic E-state index is 0. The summed E-state index contributed by atoms with van der Waals surface area (Å²) >= 11 is 1.86. The van der Waals surface area contributed by atoms with Crippen molar-refractivity contribution in [3.63, 3.8) is 0 Å². The van der Waals surface area contributed by atoms with Crippen LogP contribution in [0.5, 0.6) is 5.75 Å². The first-order valence-electron chi connectivity index (χ1n) is 8.77. The van der Waals surface area contributed by atoms with Gasteiger partial charge in [-0.2, -0.15) is 11.8 Å². The molecule has 0 aromatic heterocycles. The van der Waals surface area contributed by atoms with Gasteiger partial charge in [0.2, 0.25) is 0 Å². The molecule has 148 valence electrons. The van der Waals surface area contributed by atoms with Gasteiger partial charge in [0.05, 0.1) is 6.61 Å². The fraction of sp³-hybridized carbons (Fsp3) is 0.611. The lowest BCUT2D eigenvalue weighted by atomic mass is 10.1. The van der Waals surface area contributed by atoms with Crippen LogP contribution in [-0.4, -0.2) is 44.4 Å². The Labute approximate surface area is 176 Å². The molecule has 1 aromatic rings. The molecule has 26 heavy (non-hydrogen) atoms. The second kappa shape index (κ2) is 13.4. The van der Waals surface area contributed by atoms with Gasteiger partial charge in [0.15, 0.2) is 12.8 Å². The number of benzene rings is 1. The molecule has 5 nitrogen and oxygen atoms in total. The molecule has 1 aliphatic rings. The Bertz CT molecular complexity index is 576. The van der Waals surface area contributed by atoms with E-state index in [1.807, 2.05) is 18.7 Å². The van der Waals surface area contributed by atoms with Gasteiger partial charge in [-0.1, -0.05) is 0 Å². The van der Waals surface area contributed by atoms with Crippen molar-refractivity contribution >= 4 is 41.7 Å². The zero-order valence-corrected chi connectivity index (χ0v) is 18.6. The number of rotatable bonds is 9. The highest BCUT2D eigenvalue weighted by molar-refractivity contribution is 14.0. The molecular formula is C18H29FIN3O2S. The SMILES string of the molecule is CCNC(=NCCCCSC)NCCc1cc(F)cc2c1OCOC2.I. The Hall–Kier alpha value is -0.740. The minimum atomic E-state index is -0.253. The van der Waals surface area contributed by atoms with Crippen LogP contribution in [0.2, 0.25) is 0 Å². The molecule has 0 spiro atoms. The first-order chi connectivity index (χ1) is 12.2. The van der Waals surface area contributed by atoms with Crippen molar-refractivity contribution in [1.29, 1.82) is 0 Å². The number of thioether (sulfide) groups is 1. The number of nitrogens with zero attached hydrogens (tertiary/aromatic N) is 1. The maximum absolute atomic E-state index is 13.8. The lowest BCUT2D eigenvalue weighted by Gasteiger charge is -2.21. The van der Waals surface area contributed by atoms with Crippen LogP contribution in [0.1, 0.15) is 30.9 Å². The third kappa shape index (κ3) is 7.87. The highest BCUT2D eigenvalue weighted by atomic mass is 127. The molecule has 0 atom stereocenters. The summed E-state index contributed by atoms with van der Waals surface area (Å²) in [5.41, 5.74) is 1.64. The lowest BCUT2D eigenvalue weighted by molar-refractivity contribution is -0.0172. The molecule has 0 bridgehead atoms. The smallest absolute Gasteiger partial charge is 0.191 e. The van der Waals surface area contributed by atoms with Crippen molar-refractivity contribution in [2.75, 3.05) is 38.4 Å². The number of nitrogens with one attached hydrogen (secondary N) is 2. The molecule has 0 saturated heterocycles. The third-order valence-corrected chi connectivity index (χ3v) is 4.51. The second-order valence-corrected chi connectivity index (χ2v) is 6.79. The van der Waals surface area contributed by atoms with Gasteiger partial charge in [-0.25, -0.2) is 4.39 Å². The van der Waals surface area contributed by atoms with Crippen LogP contribution in [0.4, 0.5) is 4.39 Å². The quantitative estimate of drug-likeness (QED) is 0.237. The van der Waals surface area contributed by atoms with Crippen LogP contribution < -0.4 is 15.4 Å². The summed E-state index contributed by atoms with van der Waals surface area (Å²) in [6.07, 6.45) is 5.05. The number of unbranched alkanes of at least 4 members (excludes halogenated alkanes) is 1. The molecule has 8 heteroatoms. The topological polar surface area (TPSA) is 54.9 Å². The highest BCUT2D eigenvalue weighted by Gasteiger charge is 2.16. The Balaban J connectivity index is 0.00000338. The molecular weight excluding hydrogens is 468 g/mol. The van der Waals surface area contributed by atoms with E-state index in [1.165, 1.54) is 24.3 Å². The number of halogens is 2. The Morgan fingerprint density at radius 2 is 2.15 bits per heavy atom. The number of guanidine groups is 1. The molecule has 0 saturated carbocycles. The second-order valence-electron chi connectivity index (χ2n) is 5.80. The van der Waals surface area contributed by atoms with Crippen LogP contribution in [0.15, 0.2) is 17.1 Å². The molecule has 0 aliphatic carbocycles. The number of aliphatic imine (C=N–C) groups is 1. The molecule has 0 amide bonds. The van der Waals surface area contributed by atoms with E-state index >= 15 is 0 Å². The van der Waals surface area contributed by atoms with Crippen molar-refractivity contribution in [2.45, 2.75) is 32.8 Å². The van der Waals surface area contributed by atoms with Gasteiger partial charge in [0.1, 0.15) is 11.6 Å². The van der Waals surface area contributed by atoms with E-state index in [0.717, 1.165) is 42.3 Å². The molecule has 2 rings (SSSR count). The van der Waals surface area contributed by atoms with Crippen LogP contribution in [-0.2, 0) is 17.8 Å². The average Bonchev–Trinajstić information content (AvgIpc) is 2.61. The predicted octanol–water partition coefficient (Wildman–Crippen LogP) is 3.55. The fourth-order valence-corrected chi connectivity index (χ4v) is 3.14. The fourth-order valence-electron chi connectivity index (χ4n) is 2.65. The lowest BCUT2D eigenvalue weighted by Crippen LogP contribution is -2.38. The molecule has 1 heterocycles. The summed E-state index contributed by atoms with van der Waals surface area (Å²) in [6, 6.07) is 3.02. The summed E-state index contributed by atoms with van der Waals surface area (Å²) < 4.78 is 24.5. The largest absolute Gasteiger partial charge is 0.467 e. The normalized spacial score (nSPS) is 13.4. The maximum atomic E-state index is 13.8. The van der Waals surface area contributed by atoms with E-state index in [0.29, 0.717) is 19.6 Å². The van der Waals surface area contributed by atoms with Gasteiger partial charge in [-0.05, 0) is 55.9 Å². The predicted molar refractivity (Wildman–Crippen MR) is 117 cm³/mol. The van der Waals surface area contributed by atoms with Crippen LogP contribution in [0.3, 0.4) is 0 Å². The van der Waals surface area contributed by atoms with Gasteiger partial charge < -0.3 is 20.1 Å². The van der Waals surface area contributed by atoms with Crippen LogP contribution >= 0.6 is 35.7 Å². The van der Waals surface area contributed by atoms with Crippen molar-refractivity contribution < 1.29 is 13.9 Å². The molecule has 0 fully saturated rings. The summed E-state index contributed by atoms with van der Waals surface area (Å²) in [5.74, 6) is 2.49. The standard InChI is InChI=1S/C18H28FN3O2S.HI/c1-3-20-18(21-7-4-5-9-25-2)22-8-6-14-10-16(19)11-15-12-23-13-24-17(14)15;/h10-11H,3-9,12-13H2,1-2H3,(H2,20,21,22);1H. The Kier molecular flexibility index (Phi) is 12.0. The molecule has 1 aliphatic heterocycles. The van der Waals surface area contributed by atoms with Gasteiger partial charge in [-0.15, -0.1) is 24.0 Å². The summed E-state index contributed by atoms with van der Waals surface area (Å²) in [4.78, 5) is 4.58. The van der Waals surface area contributed by atoms with Crippen LogP contribution in [0, 0.1) is 5.82 Å². The molecule has 0 unspecified atom stereocenters. The van der Waals surface area contributed by atoms with Crippen LogP contribution in [0.25, 0.3) is 0 Å². The zero-order valence-electron chi connectivity index (χ0n) is 15.5. The first-order valence-corrected chi connectivity index (χ1v) is 10.2. The molecule has 2 N–H and O–H groups in total. The first kappa shape index (κ1) is 23.3. The van der Waals surface area contributed by atoms with Crippen molar-refractivity contribution in [3.8, 4) is 5.75 Å². The Morgan fingerprint density at radius 1 is 1.31 bits per heavy atom. The van der Waals surface area contributed by atoms with Gasteiger partial charge in [0.25, 0.3) is 0 Å². The van der Waals surface area contributed by atoms with E-state index in [1.54, 1.807) is 0 Å². The van der Waals surface area contributed by atoms with E-state index in [2.05, 4.69) is 21.9 Å². The number of hydrogen-bond donors (Lipinski definition) is 2. The number of ether oxygens (including phenoxy) is 2. The number of hydrogen-bond acceptors (Lipinski definition) is 4. The van der Waals surface area contributed by atoms with Crippen molar-refractivity contribution in [2.24, 2.45) is 4.99 Å². The maximum Gasteiger partial charge on any atom is 0.191 e. The highest BCUT2D eigenvalue weighted by Crippen LogP contribution is 2.29. The summed E-state index contributed by atoms with van der Waals surface area (Å²) in [7, 11) is 0. The summed E-state index contributed by atoms with van der Waals surface area (Å²) in [5, 5.41) is 6.55. The van der Waals surface area contributed by atoms with Crippen molar-refractivity contribution in [3.05, 3.63) is 29.1 Å². The third-order valence-electron chi connectivity index (χ3n) is 3.81. The Morgan fingerprint density at radius 3 is 2.92 bits per heavy atom. The van der Waals surface area contributed by atoms with E-state index in [9.17, 15) is 4.39 Å². The van der Waals surface area contributed by atoms with E-state index < -0.39 is 0 Å². The summed E-state index contributed by atoms with van der Waals surface area (Å²) in [6.45, 7) is 4.95. The van der Waals surface area contributed by atoms with E-state index in [4.69, 9.17) is 9.47 Å². The van der Waals surface area contributed by atoms with Crippen molar-refractivity contribution in [1.82, 2.24) is 10.6 Å². The monoisotopic (exact) mass is 497 g/mol. The van der Waals surface area contributed by atoms with Gasteiger partial charge in [-0.3, -0.25) is 4.99 Å². The van der Waals surface area contributed by atoms with E-state index in [-0.39, 0.29) is 36.6 Å².